The third kappa shape index (κ3) is 0.810. The lowest BCUT2D eigenvalue weighted by atomic mass is 9.95. The van der Waals surface area contributed by atoms with Gasteiger partial charge in [-0.3, -0.25) is 0 Å². The van der Waals surface area contributed by atoms with E-state index in [1.165, 1.54) is 29.5 Å². The number of rotatable bonds is 0. The van der Waals surface area contributed by atoms with E-state index in [0.29, 0.717) is 5.41 Å². The van der Waals surface area contributed by atoms with Gasteiger partial charge in [-0.1, -0.05) is 35.9 Å². The van der Waals surface area contributed by atoms with E-state index in [1.807, 2.05) is 0 Å². The van der Waals surface area contributed by atoms with Crippen molar-refractivity contribution in [3.8, 4) is 0 Å². The minimum Gasteiger partial charge on any atom is -0.0986 e. The molecule has 0 heteroatoms. The van der Waals surface area contributed by atoms with Crippen molar-refractivity contribution >= 4 is 0 Å². The SMILES string of the molecule is C=C1Cc2cc(C)ccc2C12CC2. The molecule has 1 spiro atoms. The Morgan fingerprint density at radius 3 is 2.77 bits per heavy atom. The molecule has 2 aliphatic carbocycles. The predicted octanol–water partition coefficient (Wildman–Crippen LogP) is 3.14. The fourth-order valence-corrected chi connectivity index (χ4v) is 2.67. The maximum Gasteiger partial charge on any atom is 0.0166 e. The number of hydrogen-bond donors (Lipinski definition) is 0. The van der Waals surface area contributed by atoms with Gasteiger partial charge in [0.05, 0.1) is 0 Å². The Labute approximate surface area is 79.3 Å². The lowest BCUT2D eigenvalue weighted by Gasteiger charge is -2.09. The number of fused-ring (bicyclic) bond motifs is 2. The van der Waals surface area contributed by atoms with Gasteiger partial charge >= 0.3 is 0 Å². The highest BCUT2D eigenvalue weighted by Crippen LogP contribution is 2.59. The summed E-state index contributed by atoms with van der Waals surface area (Å²) < 4.78 is 0. The summed E-state index contributed by atoms with van der Waals surface area (Å²) in [4.78, 5) is 0. The van der Waals surface area contributed by atoms with Gasteiger partial charge in [0, 0.05) is 5.41 Å². The highest BCUT2D eigenvalue weighted by atomic mass is 14.5. The van der Waals surface area contributed by atoms with Crippen molar-refractivity contribution in [3.63, 3.8) is 0 Å². The topological polar surface area (TPSA) is 0 Å². The van der Waals surface area contributed by atoms with E-state index in [1.54, 1.807) is 5.56 Å². The standard InChI is InChI=1S/C13H14/c1-9-3-4-12-11(7-9)8-10(2)13(12)5-6-13/h3-4,7H,2,5-6,8H2,1H3. The van der Waals surface area contributed by atoms with E-state index in [4.69, 9.17) is 0 Å². The molecule has 1 fully saturated rings. The number of allylic oxidation sites excluding steroid dienone is 1. The van der Waals surface area contributed by atoms with E-state index in [-0.39, 0.29) is 0 Å². The Morgan fingerprint density at radius 2 is 2.08 bits per heavy atom. The van der Waals surface area contributed by atoms with Crippen LogP contribution in [0.2, 0.25) is 0 Å². The largest absolute Gasteiger partial charge is 0.0986 e. The maximum atomic E-state index is 4.21. The van der Waals surface area contributed by atoms with Gasteiger partial charge in [0.25, 0.3) is 0 Å². The summed E-state index contributed by atoms with van der Waals surface area (Å²) in [5.41, 5.74) is 6.37. The monoisotopic (exact) mass is 170 g/mol. The first-order chi connectivity index (χ1) is 6.22. The highest BCUT2D eigenvalue weighted by molar-refractivity contribution is 5.55. The zero-order valence-electron chi connectivity index (χ0n) is 8.06. The van der Waals surface area contributed by atoms with Crippen molar-refractivity contribution in [1.29, 1.82) is 0 Å². The van der Waals surface area contributed by atoms with Gasteiger partial charge in [-0.25, -0.2) is 0 Å². The van der Waals surface area contributed by atoms with E-state index in [9.17, 15) is 0 Å². The number of benzene rings is 1. The Bertz CT molecular complexity index is 394. The van der Waals surface area contributed by atoms with Crippen molar-refractivity contribution < 1.29 is 0 Å². The van der Waals surface area contributed by atoms with Gasteiger partial charge in [0.15, 0.2) is 0 Å². The molecule has 0 bridgehead atoms. The molecule has 66 valence electrons. The molecule has 0 aliphatic heterocycles. The molecule has 1 aromatic rings. The van der Waals surface area contributed by atoms with Gasteiger partial charge in [-0.15, -0.1) is 0 Å². The van der Waals surface area contributed by atoms with Crippen molar-refractivity contribution in [2.45, 2.75) is 31.6 Å². The average molecular weight is 170 g/mol. The maximum absolute atomic E-state index is 4.21. The van der Waals surface area contributed by atoms with E-state index < -0.39 is 0 Å². The molecule has 1 aromatic carbocycles. The van der Waals surface area contributed by atoms with E-state index >= 15 is 0 Å². The fraction of sp³-hybridized carbons (Fsp3) is 0.385. The molecule has 13 heavy (non-hydrogen) atoms. The molecule has 0 atom stereocenters. The summed E-state index contributed by atoms with van der Waals surface area (Å²) in [5, 5.41) is 0. The summed E-state index contributed by atoms with van der Waals surface area (Å²) in [7, 11) is 0. The van der Waals surface area contributed by atoms with Crippen molar-refractivity contribution in [3.05, 3.63) is 47.0 Å². The molecule has 0 heterocycles. The molecular formula is C13H14. The normalized spacial score (nSPS) is 22.1. The Kier molecular flexibility index (Phi) is 1.17. The van der Waals surface area contributed by atoms with Gasteiger partial charge in [-0.2, -0.15) is 0 Å². The Hall–Kier alpha value is -1.04. The molecule has 0 aromatic heterocycles. The molecule has 0 nitrogen and oxygen atoms in total. The first-order valence-electron chi connectivity index (χ1n) is 5.01. The zero-order chi connectivity index (χ0) is 9.05. The molecule has 0 saturated heterocycles. The summed E-state index contributed by atoms with van der Waals surface area (Å²) >= 11 is 0. The first kappa shape index (κ1) is 7.37. The minimum absolute atomic E-state index is 0.434. The van der Waals surface area contributed by atoms with Crippen LogP contribution in [0.15, 0.2) is 30.4 Å². The number of hydrogen-bond acceptors (Lipinski definition) is 0. The van der Waals surface area contributed by atoms with Crippen LogP contribution in [0.5, 0.6) is 0 Å². The second-order valence-electron chi connectivity index (χ2n) is 4.52. The Morgan fingerprint density at radius 1 is 1.31 bits per heavy atom. The Balaban J connectivity index is 2.22. The van der Waals surface area contributed by atoms with E-state index in [2.05, 4.69) is 31.7 Å². The zero-order valence-corrected chi connectivity index (χ0v) is 8.06. The molecule has 1 saturated carbocycles. The van der Waals surface area contributed by atoms with Crippen LogP contribution in [-0.2, 0) is 11.8 Å². The molecule has 0 N–H and O–H groups in total. The second kappa shape index (κ2) is 2.06. The first-order valence-corrected chi connectivity index (χ1v) is 5.01. The summed E-state index contributed by atoms with van der Waals surface area (Å²) in [5.74, 6) is 0. The molecule has 0 radical (unpaired) electrons. The predicted molar refractivity (Wildman–Crippen MR) is 54.9 cm³/mol. The van der Waals surface area contributed by atoms with Gasteiger partial charge in [-0.05, 0) is 37.3 Å². The lowest BCUT2D eigenvalue weighted by Crippen LogP contribution is -2.01. The van der Waals surface area contributed by atoms with Crippen LogP contribution in [0, 0.1) is 6.92 Å². The van der Waals surface area contributed by atoms with Crippen LogP contribution in [-0.4, -0.2) is 0 Å². The van der Waals surface area contributed by atoms with Crippen LogP contribution in [0.3, 0.4) is 0 Å². The average Bonchev–Trinajstić information content (AvgIpc) is 2.80. The van der Waals surface area contributed by atoms with Crippen molar-refractivity contribution in [2.24, 2.45) is 0 Å². The smallest absolute Gasteiger partial charge is 0.0166 e. The van der Waals surface area contributed by atoms with Crippen LogP contribution in [0.4, 0.5) is 0 Å². The lowest BCUT2D eigenvalue weighted by molar-refractivity contribution is 0.857. The molecule has 0 amide bonds. The van der Waals surface area contributed by atoms with Gasteiger partial charge in [0.1, 0.15) is 0 Å². The molecular weight excluding hydrogens is 156 g/mol. The summed E-state index contributed by atoms with van der Waals surface area (Å²) in [6.45, 7) is 6.38. The highest BCUT2D eigenvalue weighted by Gasteiger charge is 2.50. The molecule has 3 rings (SSSR count). The van der Waals surface area contributed by atoms with Crippen molar-refractivity contribution in [2.75, 3.05) is 0 Å². The molecule has 0 unspecified atom stereocenters. The van der Waals surface area contributed by atoms with Crippen LogP contribution < -0.4 is 0 Å². The third-order valence-corrected chi connectivity index (χ3v) is 3.61. The van der Waals surface area contributed by atoms with Crippen molar-refractivity contribution in [1.82, 2.24) is 0 Å². The molecule has 2 aliphatic rings. The number of aryl methyl sites for hydroxylation is 1. The van der Waals surface area contributed by atoms with E-state index in [0.717, 1.165) is 6.42 Å². The second-order valence-corrected chi connectivity index (χ2v) is 4.52. The van der Waals surface area contributed by atoms with Crippen LogP contribution >= 0.6 is 0 Å². The minimum atomic E-state index is 0.434. The summed E-state index contributed by atoms with van der Waals surface area (Å²) in [6, 6.07) is 6.88. The third-order valence-electron chi connectivity index (χ3n) is 3.61. The fourth-order valence-electron chi connectivity index (χ4n) is 2.67. The van der Waals surface area contributed by atoms with Crippen LogP contribution in [0.1, 0.15) is 29.5 Å². The quantitative estimate of drug-likeness (QED) is 0.525. The van der Waals surface area contributed by atoms with Crippen LogP contribution in [0.25, 0.3) is 0 Å². The van der Waals surface area contributed by atoms with Gasteiger partial charge < -0.3 is 0 Å². The summed E-state index contributed by atoms with van der Waals surface area (Å²) in [6.07, 6.45) is 3.79. The van der Waals surface area contributed by atoms with Gasteiger partial charge in [0.2, 0.25) is 0 Å².